The van der Waals surface area contributed by atoms with Gasteiger partial charge in [-0.1, -0.05) is 0 Å². The van der Waals surface area contributed by atoms with E-state index in [0.29, 0.717) is 23.7 Å². The number of nitrogens with one attached hydrogen (secondary N) is 2. The minimum absolute atomic E-state index is 0.0718. The Kier molecular flexibility index (Phi) is 4.51. The van der Waals surface area contributed by atoms with E-state index in [9.17, 15) is 4.79 Å². The number of aromatic amines is 1. The topological polar surface area (TPSA) is 78.0 Å². The molecule has 1 aromatic carbocycles. The molecule has 0 aliphatic heterocycles. The van der Waals surface area contributed by atoms with Crippen molar-refractivity contribution in [3.05, 3.63) is 23.8 Å². The van der Waals surface area contributed by atoms with Crippen molar-refractivity contribution in [1.82, 2.24) is 15.3 Å². The zero-order chi connectivity index (χ0) is 13.0. The molecule has 1 heterocycles. The van der Waals surface area contributed by atoms with E-state index in [-0.39, 0.29) is 12.5 Å². The summed E-state index contributed by atoms with van der Waals surface area (Å²) in [6.45, 7) is 0.538. The van der Waals surface area contributed by atoms with Crippen molar-refractivity contribution in [2.75, 3.05) is 13.2 Å². The standard InChI is InChI=1S/C11H13N3O2S2/c15-5-1-4-12-10(16)7-2-3-8-9(6-7)14-11(13-8)18-17/h2-3,6,15,17H,1,4-5H2,(H,12,16)(H,13,14). The van der Waals surface area contributed by atoms with Crippen LogP contribution in [0, 0.1) is 0 Å². The van der Waals surface area contributed by atoms with Crippen LogP contribution in [0.5, 0.6) is 0 Å². The Balaban J connectivity index is 2.15. The fraction of sp³-hybridized carbons (Fsp3) is 0.273. The lowest BCUT2D eigenvalue weighted by Gasteiger charge is -2.03. The lowest BCUT2D eigenvalue weighted by Crippen LogP contribution is -2.24. The van der Waals surface area contributed by atoms with E-state index in [4.69, 9.17) is 5.11 Å². The summed E-state index contributed by atoms with van der Waals surface area (Å²) in [5.41, 5.74) is 2.18. The Hall–Kier alpha value is -1.18. The molecule has 2 rings (SSSR count). The number of fused-ring (bicyclic) bond motifs is 1. The van der Waals surface area contributed by atoms with Crippen molar-refractivity contribution in [1.29, 1.82) is 0 Å². The zero-order valence-electron chi connectivity index (χ0n) is 9.51. The summed E-state index contributed by atoms with van der Waals surface area (Å²) in [7, 11) is 1.23. The molecule has 0 saturated carbocycles. The number of amides is 1. The van der Waals surface area contributed by atoms with E-state index < -0.39 is 0 Å². The summed E-state index contributed by atoms with van der Waals surface area (Å²) >= 11 is 4.06. The fourth-order valence-corrected chi connectivity index (χ4v) is 2.11. The van der Waals surface area contributed by atoms with Crippen LogP contribution in [-0.2, 0) is 0 Å². The molecule has 1 amide bonds. The van der Waals surface area contributed by atoms with Gasteiger partial charge in [-0.3, -0.25) is 4.79 Å². The number of hydrogen-bond acceptors (Lipinski definition) is 5. The van der Waals surface area contributed by atoms with Gasteiger partial charge in [-0.2, -0.15) is 0 Å². The van der Waals surface area contributed by atoms with Crippen molar-refractivity contribution >= 4 is 39.4 Å². The number of aliphatic hydroxyl groups is 1. The first kappa shape index (κ1) is 13.3. The number of hydrogen-bond donors (Lipinski definition) is 4. The predicted molar refractivity (Wildman–Crippen MR) is 75.0 cm³/mol. The second-order valence-corrected chi connectivity index (χ2v) is 4.82. The second-order valence-electron chi connectivity index (χ2n) is 3.70. The largest absolute Gasteiger partial charge is 0.396 e. The molecular weight excluding hydrogens is 270 g/mol. The molecule has 0 unspecified atom stereocenters. The monoisotopic (exact) mass is 283 g/mol. The Labute approximate surface area is 113 Å². The fourth-order valence-electron chi connectivity index (χ4n) is 1.55. The molecule has 0 atom stereocenters. The van der Waals surface area contributed by atoms with E-state index in [0.717, 1.165) is 11.0 Å². The van der Waals surface area contributed by atoms with E-state index in [1.54, 1.807) is 18.2 Å². The van der Waals surface area contributed by atoms with Crippen molar-refractivity contribution in [3.8, 4) is 0 Å². The number of aromatic nitrogens is 2. The second kappa shape index (κ2) is 6.12. The highest BCUT2D eigenvalue weighted by Gasteiger charge is 2.08. The number of nitrogens with zero attached hydrogens (tertiary/aromatic N) is 1. The molecule has 18 heavy (non-hydrogen) atoms. The average Bonchev–Trinajstić information content (AvgIpc) is 2.80. The van der Waals surface area contributed by atoms with Crippen LogP contribution < -0.4 is 5.32 Å². The maximum atomic E-state index is 11.8. The first-order valence-corrected chi connectivity index (χ1v) is 7.31. The van der Waals surface area contributed by atoms with Crippen molar-refractivity contribution in [2.24, 2.45) is 0 Å². The summed E-state index contributed by atoms with van der Waals surface area (Å²) in [4.78, 5) is 19.1. The minimum Gasteiger partial charge on any atom is -0.396 e. The van der Waals surface area contributed by atoms with Gasteiger partial charge in [-0.05, 0) is 35.4 Å². The van der Waals surface area contributed by atoms with Gasteiger partial charge in [0.05, 0.1) is 11.0 Å². The third kappa shape index (κ3) is 2.98. The Morgan fingerprint density at radius 3 is 3.11 bits per heavy atom. The van der Waals surface area contributed by atoms with Gasteiger partial charge in [0, 0.05) is 18.7 Å². The molecule has 0 aliphatic rings. The third-order valence-corrected chi connectivity index (χ3v) is 3.31. The van der Waals surface area contributed by atoms with Gasteiger partial charge in [0.15, 0.2) is 5.16 Å². The van der Waals surface area contributed by atoms with Crippen LogP contribution in [0.3, 0.4) is 0 Å². The van der Waals surface area contributed by atoms with E-state index in [2.05, 4.69) is 26.9 Å². The molecular formula is C11H13N3O2S2. The van der Waals surface area contributed by atoms with Gasteiger partial charge in [-0.15, -0.1) is 11.7 Å². The van der Waals surface area contributed by atoms with Crippen LogP contribution in [0.1, 0.15) is 16.8 Å². The summed E-state index contributed by atoms with van der Waals surface area (Å²) < 4.78 is 0. The van der Waals surface area contributed by atoms with Crippen molar-refractivity contribution in [2.45, 2.75) is 11.6 Å². The molecule has 5 nitrogen and oxygen atoms in total. The number of H-pyrrole nitrogens is 1. The molecule has 0 spiro atoms. The van der Waals surface area contributed by atoms with Crippen molar-refractivity contribution < 1.29 is 9.90 Å². The highest BCUT2D eigenvalue weighted by molar-refractivity contribution is 8.68. The molecule has 0 aliphatic carbocycles. The molecule has 0 saturated heterocycles. The number of carbonyl (C=O) groups is 1. The first-order chi connectivity index (χ1) is 8.74. The number of rotatable bonds is 5. The van der Waals surface area contributed by atoms with Crippen LogP contribution in [0.2, 0.25) is 0 Å². The number of aliphatic hydroxyl groups excluding tert-OH is 1. The normalized spacial score (nSPS) is 10.8. The lowest BCUT2D eigenvalue weighted by atomic mass is 10.2. The maximum Gasteiger partial charge on any atom is 0.251 e. The van der Waals surface area contributed by atoms with Gasteiger partial charge in [-0.25, -0.2) is 4.98 Å². The summed E-state index contributed by atoms with van der Waals surface area (Å²) in [5, 5.41) is 12.1. The molecule has 1 aromatic heterocycles. The highest BCUT2D eigenvalue weighted by atomic mass is 33.1. The van der Waals surface area contributed by atoms with E-state index in [1.165, 1.54) is 10.8 Å². The average molecular weight is 283 g/mol. The van der Waals surface area contributed by atoms with Gasteiger partial charge in [0.2, 0.25) is 0 Å². The van der Waals surface area contributed by atoms with Crippen LogP contribution in [0.4, 0.5) is 0 Å². The highest BCUT2D eigenvalue weighted by Crippen LogP contribution is 2.22. The van der Waals surface area contributed by atoms with Crippen LogP contribution >= 0.6 is 22.5 Å². The number of imidazole rings is 1. The summed E-state index contributed by atoms with van der Waals surface area (Å²) in [5.74, 6) is -0.153. The molecule has 0 bridgehead atoms. The summed E-state index contributed by atoms with van der Waals surface area (Å²) in [6, 6.07) is 5.27. The SMILES string of the molecule is O=C(NCCCO)c1ccc2nc(SS)[nH]c2c1. The zero-order valence-corrected chi connectivity index (χ0v) is 11.2. The molecule has 7 heteroatoms. The summed E-state index contributed by atoms with van der Waals surface area (Å²) in [6.07, 6.45) is 0.554. The molecule has 3 N–H and O–H groups in total. The number of carbonyl (C=O) groups excluding carboxylic acids is 1. The minimum atomic E-state index is -0.153. The lowest BCUT2D eigenvalue weighted by molar-refractivity contribution is 0.0951. The smallest absolute Gasteiger partial charge is 0.251 e. The third-order valence-electron chi connectivity index (χ3n) is 2.43. The molecule has 96 valence electrons. The molecule has 0 radical (unpaired) electrons. The van der Waals surface area contributed by atoms with Crippen LogP contribution in [0.15, 0.2) is 23.4 Å². The molecule has 2 aromatic rings. The molecule has 0 fully saturated rings. The quantitative estimate of drug-likeness (QED) is 0.382. The van der Waals surface area contributed by atoms with Gasteiger partial charge >= 0.3 is 0 Å². The van der Waals surface area contributed by atoms with Crippen LogP contribution in [0.25, 0.3) is 11.0 Å². The van der Waals surface area contributed by atoms with Gasteiger partial charge < -0.3 is 15.4 Å². The van der Waals surface area contributed by atoms with Gasteiger partial charge in [0.25, 0.3) is 5.91 Å². The van der Waals surface area contributed by atoms with E-state index >= 15 is 0 Å². The maximum absolute atomic E-state index is 11.8. The Morgan fingerprint density at radius 2 is 2.39 bits per heavy atom. The number of thiol groups is 1. The van der Waals surface area contributed by atoms with Crippen LogP contribution in [-0.4, -0.2) is 34.1 Å². The van der Waals surface area contributed by atoms with E-state index in [1.807, 2.05) is 0 Å². The van der Waals surface area contributed by atoms with Crippen molar-refractivity contribution in [3.63, 3.8) is 0 Å². The first-order valence-electron chi connectivity index (χ1n) is 5.45. The Bertz CT molecular complexity index is 556. The predicted octanol–water partition coefficient (Wildman–Crippen LogP) is 1.61. The van der Waals surface area contributed by atoms with Gasteiger partial charge in [0.1, 0.15) is 0 Å². The number of benzene rings is 1. The Morgan fingerprint density at radius 1 is 1.56 bits per heavy atom.